The highest BCUT2D eigenvalue weighted by atomic mass is 32.2. The molecule has 2 aliphatic rings. The van der Waals surface area contributed by atoms with Crippen LogP contribution in [0.3, 0.4) is 0 Å². The van der Waals surface area contributed by atoms with Gasteiger partial charge in [0.05, 0.1) is 16.6 Å². The first-order chi connectivity index (χ1) is 10.3. The van der Waals surface area contributed by atoms with Crippen molar-refractivity contribution in [3.05, 3.63) is 0 Å². The summed E-state index contributed by atoms with van der Waals surface area (Å²) in [6, 6.07) is -1.23. The van der Waals surface area contributed by atoms with Gasteiger partial charge in [0.25, 0.3) is 0 Å². The second kappa shape index (κ2) is 5.19. The van der Waals surface area contributed by atoms with Crippen LogP contribution in [0.4, 0.5) is 0 Å². The lowest BCUT2D eigenvalue weighted by Crippen LogP contribution is -2.57. The number of fused-ring (bicyclic) bond motifs is 1. The van der Waals surface area contributed by atoms with Crippen molar-refractivity contribution in [3.63, 3.8) is 0 Å². The number of amides is 1. The molecule has 2 rings (SSSR count). The molecule has 8 nitrogen and oxygen atoms in total. The van der Waals surface area contributed by atoms with Crippen LogP contribution in [0.25, 0.3) is 0 Å². The summed E-state index contributed by atoms with van der Waals surface area (Å²) in [7, 11) is -3.66. The van der Waals surface area contributed by atoms with Crippen LogP contribution in [0.1, 0.15) is 41.0 Å². The molecule has 0 aliphatic carbocycles. The number of hydrogen-bond donors (Lipinski definition) is 0. The van der Waals surface area contributed by atoms with Crippen LogP contribution in [0.15, 0.2) is 0 Å². The maximum absolute atomic E-state index is 12.4. The summed E-state index contributed by atoms with van der Waals surface area (Å²) < 4.78 is 33.0. The number of β-lactam (4-membered cyclic amide) rings is 1. The van der Waals surface area contributed by atoms with E-state index < -0.39 is 56.1 Å². The Hall–Kier alpha value is -1.64. The van der Waals surface area contributed by atoms with E-state index in [1.165, 1.54) is 13.8 Å². The average Bonchev–Trinajstić information content (AvgIpc) is 2.51. The fraction of sp³-hybridized carbons (Fsp3) is 0.786. The lowest BCUT2D eigenvalue weighted by atomic mass is 9.97. The number of carbonyl (C=O) groups is 3. The zero-order valence-corrected chi connectivity index (χ0v) is 14.6. The minimum absolute atomic E-state index is 0.117. The first kappa shape index (κ1) is 17.7. The third-order valence-corrected chi connectivity index (χ3v) is 7.00. The Labute approximate surface area is 135 Å². The highest BCUT2D eigenvalue weighted by molar-refractivity contribution is 7.93. The van der Waals surface area contributed by atoms with Gasteiger partial charge in [0.2, 0.25) is 12.7 Å². The van der Waals surface area contributed by atoms with Crippen LogP contribution in [-0.2, 0) is 33.7 Å². The van der Waals surface area contributed by atoms with Gasteiger partial charge < -0.3 is 14.4 Å². The number of nitrogens with zero attached hydrogens (tertiary/aromatic N) is 1. The Kier molecular flexibility index (Phi) is 3.99. The molecule has 0 saturated carbocycles. The van der Waals surface area contributed by atoms with Crippen molar-refractivity contribution in [3.8, 4) is 0 Å². The van der Waals surface area contributed by atoms with E-state index in [2.05, 4.69) is 0 Å². The number of esters is 2. The molecule has 0 bridgehead atoms. The van der Waals surface area contributed by atoms with Crippen LogP contribution < -0.4 is 0 Å². The molecule has 1 unspecified atom stereocenters. The second-order valence-corrected chi connectivity index (χ2v) is 9.96. The van der Waals surface area contributed by atoms with Gasteiger partial charge in [-0.15, -0.1) is 0 Å². The molecular formula is C14H21NO7S. The summed E-state index contributed by atoms with van der Waals surface area (Å²) in [5, 5.41) is -0.973. The predicted octanol–water partition coefficient (Wildman–Crippen LogP) is 0.210. The molecule has 0 spiro atoms. The number of rotatable bonds is 3. The van der Waals surface area contributed by atoms with Gasteiger partial charge in [-0.25, -0.2) is 13.2 Å². The fourth-order valence-corrected chi connectivity index (χ4v) is 4.77. The quantitative estimate of drug-likeness (QED) is 0.408. The van der Waals surface area contributed by atoms with E-state index in [9.17, 15) is 22.8 Å². The van der Waals surface area contributed by atoms with Crippen molar-refractivity contribution < 1.29 is 32.3 Å². The molecule has 0 aromatic carbocycles. The van der Waals surface area contributed by atoms with Gasteiger partial charge in [-0.3, -0.25) is 9.59 Å². The number of sulfone groups is 1. The normalized spacial score (nSPS) is 27.9. The third-order valence-electron chi connectivity index (χ3n) is 4.20. The molecule has 2 heterocycles. The molecule has 130 valence electrons. The van der Waals surface area contributed by atoms with Crippen molar-refractivity contribution in [1.82, 2.24) is 4.90 Å². The maximum Gasteiger partial charge on any atom is 0.333 e. The van der Waals surface area contributed by atoms with E-state index in [1.54, 1.807) is 20.8 Å². The second-order valence-electron chi connectivity index (χ2n) is 7.27. The van der Waals surface area contributed by atoms with Gasteiger partial charge in [-0.1, -0.05) is 0 Å². The fourth-order valence-electron chi connectivity index (χ4n) is 2.65. The minimum Gasteiger partial charge on any atom is -0.427 e. The number of carbonyl (C=O) groups excluding carboxylic acids is 3. The van der Waals surface area contributed by atoms with Crippen molar-refractivity contribution in [1.29, 1.82) is 0 Å². The van der Waals surface area contributed by atoms with Crippen molar-refractivity contribution in [2.45, 2.75) is 57.2 Å². The molecular weight excluding hydrogens is 326 g/mol. The summed E-state index contributed by atoms with van der Waals surface area (Å²) in [6.07, 6.45) is -0.117. The van der Waals surface area contributed by atoms with E-state index in [0.717, 1.165) is 4.90 Å². The smallest absolute Gasteiger partial charge is 0.333 e. The highest BCUT2D eigenvalue weighted by Gasteiger charge is 2.68. The molecule has 9 heteroatoms. The standard InChI is InChI=1S/C14H21NO7S/c1-13(2,3)12(18)22-7-21-11(17)10-14(4,5)23(19,20)9-6-8(16)15(9)10/h9-10H,6-7H2,1-5H3/t9?,10-/m0/s1. The Morgan fingerprint density at radius 1 is 1.26 bits per heavy atom. The van der Waals surface area contributed by atoms with E-state index in [0.29, 0.717) is 0 Å². The lowest BCUT2D eigenvalue weighted by molar-refractivity contribution is -0.179. The van der Waals surface area contributed by atoms with E-state index in [4.69, 9.17) is 9.47 Å². The summed E-state index contributed by atoms with van der Waals surface area (Å²) in [5.41, 5.74) is -0.749. The zero-order chi connectivity index (χ0) is 17.8. The molecule has 2 saturated heterocycles. The van der Waals surface area contributed by atoms with E-state index in [1.807, 2.05) is 0 Å². The van der Waals surface area contributed by atoms with E-state index in [-0.39, 0.29) is 6.42 Å². The van der Waals surface area contributed by atoms with Gasteiger partial charge in [0, 0.05) is 0 Å². The highest BCUT2D eigenvalue weighted by Crippen LogP contribution is 2.45. The van der Waals surface area contributed by atoms with Crippen molar-refractivity contribution in [2.24, 2.45) is 5.41 Å². The molecule has 2 fully saturated rings. The molecule has 0 aromatic rings. The van der Waals surface area contributed by atoms with Gasteiger partial charge in [0.15, 0.2) is 9.84 Å². The first-order valence-corrected chi connectivity index (χ1v) is 8.75. The lowest BCUT2D eigenvalue weighted by Gasteiger charge is -2.36. The average molecular weight is 347 g/mol. The topological polar surface area (TPSA) is 107 Å². The molecule has 0 aromatic heterocycles. The maximum atomic E-state index is 12.4. The van der Waals surface area contributed by atoms with Crippen LogP contribution in [0.2, 0.25) is 0 Å². The number of hydrogen-bond acceptors (Lipinski definition) is 7. The van der Waals surface area contributed by atoms with Crippen molar-refractivity contribution >= 4 is 27.7 Å². The molecule has 23 heavy (non-hydrogen) atoms. The van der Waals surface area contributed by atoms with Crippen molar-refractivity contribution in [2.75, 3.05) is 6.79 Å². The Morgan fingerprint density at radius 2 is 1.83 bits per heavy atom. The SMILES string of the molecule is CC(C)(C)C(=O)OCOC(=O)[C@@H]1N2C(=O)CC2S(=O)(=O)C1(C)C. The molecule has 1 amide bonds. The summed E-state index contributed by atoms with van der Waals surface area (Å²) in [6.45, 7) is 7.10. The minimum atomic E-state index is -3.66. The summed E-state index contributed by atoms with van der Waals surface area (Å²) >= 11 is 0. The first-order valence-electron chi connectivity index (χ1n) is 7.20. The van der Waals surface area contributed by atoms with E-state index >= 15 is 0 Å². The van der Waals surface area contributed by atoms with Gasteiger partial charge >= 0.3 is 11.9 Å². The van der Waals surface area contributed by atoms with Crippen LogP contribution in [-0.4, -0.2) is 54.1 Å². The molecule has 2 atom stereocenters. The van der Waals surface area contributed by atoms with Crippen LogP contribution in [0.5, 0.6) is 0 Å². The molecule has 2 aliphatic heterocycles. The zero-order valence-electron chi connectivity index (χ0n) is 13.8. The van der Waals surface area contributed by atoms with Gasteiger partial charge in [0.1, 0.15) is 11.4 Å². The summed E-state index contributed by atoms with van der Waals surface area (Å²) in [5.74, 6) is -1.85. The largest absolute Gasteiger partial charge is 0.427 e. The van der Waals surface area contributed by atoms with Crippen LogP contribution in [0, 0.1) is 5.41 Å². The summed E-state index contributed by atoms with van der Waals surface area (Å²) in [4.78, 5) is 36.6. The van der Waals surface area contributed by atoms with Gasteiger partial charge in [-0.05, 0) is 34.6 Å². The predicted molar refractivity (Wildman–Crippen MR) is 78.5 cm³/mol. The third kappa shape index (κ3) is 2.60. The number of ether oxygens (including phenoxy) is 2. The Bertz CT molecular complexity index is 659. The molecule has 0 radical (unpaired) electrons. The molecule has 0 N–H and O–H groups in total. The van der Waals surface area contributed by atoms with Crippen LogP contribution >= 0.6 is 0 Å². The van der Waals surface area contributed by atoms with Gasteiger partial charge in [-0.2, -0.15) is 0 Å². The Balaban J connectivity index is 2.07. The Morgan fingerprint density at radius 3 is 2.30 bits per heavy atom. The monoisotopic (exact) mass is 347 g/mol.